The van der Waals surface area contributed by atoms with Crippen molar-refractivity contribution in [3.8, 4) is 0 Å². The van der Waals surface area contributed by atoms with Gasteiger partial charge < -0.3 is 10.2 Å². The summed E-state index contributed by atoms with van der Waals surface area (Å²) in [4.78, 5) is 11.0. The van der Waals surface area contributed by atoms with Gasteiger partial charge in [-0.2, -0.15) is 0 Å². The molecule has 110 valence electrons. The molecule has 1 aromatic heterocycles. The lowest BCUT2D eigenvalue weighted by Gasteiger charge is -2.36. The van der Waals surface area contributed by atoms with Crippen LogP contribution in [0.25, 0.3) is 0 Å². The molecule has 0 amide bonds. The van der Waals surface area contributed by atoms with Gasteiger partial charge in [-0.25, -0.2) is 9.97 Å². The molecule has 2 atom stereocenters. The molecule has 0 radical (unpaired) electrons. The van der Waals surface area contributed by atoms with Gasteiger partial charge in [-0.15, -0.1) is 0 Å². The number of nitrogens with one attached hydrogen (secondary N) is 1. The Morgan fingerprint density at radius 2 is 1.80 bits per heavy atom. The molecule has 0 bridgehead atoms. The first kappa shape index (κ1) is 13.8. The standard InChI is InChI=1S/C16H26N4/c1-13-4-2-5-15(12-13)19-14-6-10-20(11-7-14)16-17-8-3-9-18-16/h3,8-9,13-15,19H,2,4-7,10-12H2,1H3. The summed E-state index contributed by atoms with van der Waals surface area (Å²) >= 11 is 0. The maximum absolute atomic E-state index is 4.35. The number of hydrogen-bond donors (Lipinski definition) is 1. The third-order valence-electron chi connectivity index (χ3n) is 4.74. The fraction of sp³-hybridized carbons (Fsp3) is 0.750. The molecule has 1 N–H and O–H groups in total. The highest BCUT2D eigenvalue weighted by atomic mass is 15.3. The van der Waals surface area contributed by atoms with Crippen molar-refractivity contribution >= 4 is 5.95 Å². The summed E-state index contributed by atoms with van der Waals surface area (Å²) in [6.45, 7) is 4.54. The number of rotatable bonds is 3. The van der Waals surface area contributed by atoms with Gasteiger partial charge in [0.2, 0.25) is 5.95 Å². The van der Waals surface area contributed by atoms with Crippen LogP contribution in [0.1, 0.15) is 45.4 Å². The molecule has 4 heteroatoms. The van der Waals surface area contributed by atoms with Crippen molar-refractivity contribution in [1.82, 2.24) is 15.3 Å². The highest BCUT2D eigenvalue weighted by molar-refractivity contribution is 5.29. The van der Waals surface area contributed by atoms with Crippen LogP contribution in [0.3, 0.4) is 0 Å². The molecule has 2 fully saturated rings. The second kappa shape index (κ2) is 6.53. The number of anilines is 1. The maximum Gasteiger partial charge on any atom is 0.225 e. The average Bonchev–Trinajstić information content (AvgIpc) is 2.49. The summed E-state index contributed by atoms with van der Waals surface area (Å²) in [7, 11) is 0. The molecule has 2 unspecified atom stereocenters. The van der Waals surface area contributed by atoms with E-state index in [0.29, 0.717) is 6.04 Å². The number of nitrogens with zero attached hydrogens (tertiary/aromatic N) is 3. The van der Waals surface area contributed by atoms with Crippen LogP contribution >= 0.6 is 0 Å². The van der Waals surface area contributed by atoms with E-state index in [-0.39, 0.29) is 0 Å². The van der Waals surface area contributed by atoms with Crippen molar-refractivity contribution in [2.75, 3.05) is 18.0 Å². The van der Waals surface area contributed by atoms with Crippen LogP contribution in [0.15, 0.2) is 18.5 Å². The average molecular weight is 274 g/mol. The van der Waals surface area contributed by atoms with Crippen molar-refractivity contribution in [2.45, 2.75) is 57.5 Å². The predicted molar refractivity (Wildman–Crippen MR) is 81.8 cm³/mol. The van der Waals surface area contributed by atoms with Crippen LogP contribution < -0.4 is 10.2 Å². The first-order chi connectivity index (χ1) is 9.81. The molecular formula is C16H26N4. The van der Waals surface area contributed by atoms with Crippen LogP contribution in [0.5, 0.6) is 0 Å². The Bertz CT molecular complexity index is 400. The van der Waals surface area contributed by atoms with Crippen molar-refractivity contribution in [2.24, 2.45) is 5.92 Å². The first-order valence-electron chi connectivity index (χ1n) is 8.09. The Morgan fingerprint density at radius 3 is 2.50 bits per heavy atom. The van der Waals surface area contributed by atoms with Crippen molar-refractivity contribution < 1.29 is 0 Å². The molecule has 1 aliphatic heterocycles. The molecule has 1 aromatic rings. The smallest absolute Gasteiger partial charge is 0.225 e. The fourth-order valence-corrected chi connectivity index (χ4v) is 3.62. The quantitative estimate of drug-likeness (QED) is 0.920. The minimum Gasteiger partial charge on any atom is -0.341 e. The van der Waals surface area contributed by atoms with Gasteiger partial charge in [-0.05, 0) is 37.7 Å². The maximum atomic E-state index is 4.35. The number of piperidine rings is 1. The molecule has 1 saturated heterocycles. The molecular weight excluding hydrogens is 248 g/mol. The largest absolute Gasteiger partial charge is 0.341 e. The normalized spacial score (nSPS) is 28.6. The minimum absolute atomic E-state index is 0.685. The molecule has 2 heterocycles. The highest BCUT2D eigenvalue weighted by Crippen LogP contribution is 2.25. The summed E-state index contributed by atoms with van der Waals surface area (Å²) in [5, 5.41) is 3.89. The van der Waals surface area contributed by atoms with Gasteiger partial charge in [0.15, 0.2) is 0 Å². The van der Waals surface area contributed by atoms with E-state index >= 15 is 0 Å². The SMILES string of the molecule is CC1CCCC(NC2CCN(c3ncccn3)CC2)C1. The predicted octanol–water partition coefficient (Wildman–Crippen LogP) is 2.61. The molecule has 1 aliphatic carbocycles. The zero-order valence-electron chi connectivity index (χ0n) is 12.5. The highest BCUT2D eigenvalue weighted by Gasteiger charge is 2.25. The van der Waals surface area contributed by atoms with Crippen LogP contribution in [-0.4, -0.2) is 35.1 Å². The van der Waals surface area contributed by atoms with Gasteiger partial charge in [0.05, 0.1) is 0 Å². The van der Waals surface area contributed by atoms with Crippen molar-refractivity contribution in [3.63, 3.8) is 0 Å². The number of hydrogen-bond acceptors (Lipinski definition) is 4. The third-order valence-corrected chi connectivity index (χ3v) is 4.74. The summed E-state index contributed by atoms with van der Waals surface area (Å²) in [6, 6.07) is 3.32. The number of aromatic nitrogens is 2. The van der Waals surface area contributed by atoms with Gasteiger partial charge in [0.1, 0.15) is 0 Å². The lowest BCUT2D eigenvalue weighted by Crippen LogP contribution is -2.47. The molecule has 4 nitrogen and oxygen atoms in total. The van der Waals surface area contributed by atoms with Crippen molar-refractivity contribution in [3.05, 3.63) is 18.5 Å². The molecule has 0 aromatic carbocycles. The monoisotopic (exact) mass is 274 g/mol. The fourth-order valence-electron chi connectivity index (χ4n) is 3.62. The van der Waals surface area contributed by atoms with E-state index in [1.807, 2.05) is 18.5 Å². The second-order valence-electron chi connectivity index (χ2n) is 6.45. The molecule has 20 heavy (non-hydrogen) atoms. The summed E-state index contributed by atoms with van der Waals surface area (Å²) in [5.74, 6) is 1.79. The van der Waals surface area contributed by atoms with E-state index in [1.165, 1.54) is 38.5 Å². The van der Waals surface area contributed by atoms with E-state index in [1.54, 1.807) is 0 Å². The van der Waals surface area contributed by atoms with Gasteiger partial charge in [-0.3, -0.25) is 0 Å². The van der Waals surface area contributed by atoms with Crippen LogP contribution in [0.4, 0.5) is 5.95 Å². The zero-order valence-corrected chi connectivity index (χ0v) is 12.5. The van der Waals surface area contributed by atoms with E-state index < -0.39 is 0 Å². The van der Waals surface area contributed by atoms with Gasteiger partial charge >= 0.3 is 0 Å². The van der Waals surface area contributed by atoms with E-state index in [2.05, 4.69) is 27.1 Å². The molecule has 0 spiro atoms. The van der Waals surface area contributed by atoms with Crippen molar-refractivity contribution in [1.29, 1.82) is 0 Å². The van der Waals surface area contributed by atoms with Gasteiger partial charge in [-0.1, -0.05) is 19.8 Å². The third kappa shape index (κ3) is 3.48. The Kier molecular flexibility index (Phi) is 4.51. The lowest BCUT2D eigenvalue weighted by atomic mass is 9.86. The molecule has 1 saturated carbocycles. The van der Waals surface area contributed by atoms with E-state index in [9.17, 15) is 0 Å². The van der Waals surface area contributed by atoms with Gasteiger partial charge in [0.25, 0.3) is 0 Å². The topological polar surface area (TPSA) is 41.0 Å². The molecule has 2 aliphatic rings. The summed E-state index contributed by atoms with van der Waals surface area (Å²) in [6.07, 6.45) is 11.6. The molecule has 3 rings (SSSR count). The van der Waals surface area contributed by atoms with E-state index in [4.69, 9.17) is 0 Å². The van der Waals surface area contributed by atoms with Crippen LogP contribution in [0, 0.1) is 5.92 Å². The minimum atomic E-state index is 0.685. The Hall–Kier alpha value is -1.16. The van der Waals surface area contributed by atoms with Crippen LogP contribution in [-0.2, 0) is 0 Å². The lowest BCUT2D eigenvalue weighted by molar-refractivity contribution is 0.264. The van der Waals surface area contributed by atoms with E-state index in [0.717, 1.165) is 31.0 Å². The summed E-state index contributed by atoms with van der Waals surface area (Å²) < 4.78 is 0. The zero-order chi connectivity index (χ0) is 13.8. The second-order valence-corrected chi connectivity index (χ2v) is 6.45. The Labute approximate surface area is 122 Å². The van der Waals surface area contributed by atoms with Crippen LogP contribution in [0.2, 0.25) is 0 Å². The van der Waals surface area contributed by atoms with Gasteiger partial charge in [0, 0.05) is 37.6 Å². The summed E-state index contributed by atoms with van der Waals surface area (Å²) in [5.41, 5.74) is 0. The first-order valence-corrected chi connectivity index (χ1v) is 8.09. The Balaban J connectivity index is 1.46. The Morgan fingerprint density at radius 1 is 1.05 bits per heavy atom.